The average molecular weight is 297 g/mol. The molecule has 1 aliphatic rings. The van der Waals surface area contributed by atoms with E-state index in [-0.39, 0.29) is 12.1 Å². The van der Waals surface area contributed by atoms with Crippen molar-refractivity contribution in [1.29, 1.82) is 0 Å². The fourth-order valence-electron chi connectivity index (χ4n) is 2.48. The van der Waals surface area contributed by atoms with E-state index in [1.807, 2.05) is 31.3 Å². The molecule has 1 aromatic heterocycles. The Morgan fingerprint density at radius 1 is 1.41 bits per heavy atom. The first kappa shape index (κ1) is 14.3. The van der Waals surface area contributed by atoms with Crippen LogP contribution in [0.2, 0.25) is 0 Å². The molecule has 2 N–H and O–H groups in total. The van der Waals surface area contributed by atoms with Crippen LogP contribution in [0.1, 0.15) is 19.3 Å². The van der Waals surface area contributed by atoms with Crippen molar-refractivity contribution in [3.63, 3.8) is 0 Å². The lowest BCUT2D eigenvalue weighted by molar-refractivity contribution is 0.249. The molecule has 0 saturated carbocycles. The third kappa shape index (κ3) is 3.52. The number of aromatic nitrogens is 3. The normalized spacial score (nSPS) is 17.2. The van der Waals surface area contributed by atoms with E-state index >= 15 is 0 Å². The van der Waals surface area contributed by atoms with Gasteiger partial charge in [0.1, 0.15) is 6.33 Å². The van der Waals surface area contributed by atoms with Gasteiger partial charge < -0.3 is 10.6 Å². The van der Waals surface area contributed by atoms with Crippen molar-refractivity contribution in [2.75, 3.05) is 5.32 Å². The maximum atomic E-state index is 12.0. The lowest BCUT2D eigenvalue weighted by Gasteiger charge is -2.18. The second-order valence-electron chi connectivity index (χ2n) is 5.39. The number of urea groups is 1. The zero-order valence-corrected chi connectivity index (χ0v) is 12.5. The minimum absolute atomic E-state index is 0.120. The lowest BCUT2D eigenvalue weighted by atomic mass is 10.0. The van der Waals surface area contributed by atoms with E-state index in [2.05, 4.69) is 32.9 Å². The molecule has 1 unspecified atom stereocenters. The molecule has 0 fully saturated rings. The maximum Gasteiger partial charge on any atom is 0.319 e. The van der Waals surface area contributed by atoms with Crippen LogP contribution < -0.4 is 10.6 Å². The molecule has 0 bridgehead atoms. The zero-order valence-electron chi connectivity index (χ0n) is 12.5. The Morgan fingerprint density at radius 3 is 3.05 bits per heavy atom. The Hall–Kier alpha value is -2.63. The minimum atomic E-state index is -0.192. The first-order chi connectivity index (χ1) is 10.7. The quantitative estimate of drug-likeness (QED) is 0.856. The Bertz CT molecular complexity index is 691. The van der Waals surface area contributed by atoms with Gasteiger partial charge in [-0.15, -0.1) is 0 Å². The lowest BCUT2D eigenvalue weighted by Crippen LogP contribution is -2.37. The van der Waals surface area contributed by atoms with Gasteiger partial charge in [0.15, 0.2) is 5.82 Å². The molecule has 0 aliphatic heterocycles. The molecule has 6 heteroatoms. The van der Waals surface area contributed by atoms with Crippen LogP contribution in [0.25, 0.3) is 11.4 Å². The predicted molar refractivity (Wildman–Crippen MR) is 85.4 cm³/mol. The minimum Gasteiger partial charge on any atom is -0.332 e. The molecule has 1 aliphatic carbocycles. The number of hydrogen-bond donors (Lipinski definition) is 2. The van der Waals surface area contributed by atoms with Crippen molar-refractivity contribution in [3.8, 4) is 11.4 Å². The van der Waals surface area contributed by atoms with Crippen LogP contribution in [0.4, 0.5) is 10.5 Å². The Balaban J connectivity index is 1.66. The monoisotopic (exact) mass is 297 g/mol. The summed E-state index contributed by atoms with van der Waals surface area (Å²) in [5.74, 6) is 0.641. The van der Waals surface area contributed by atoms with E-state index in [1.54, 1.807) is 11.0 Å². The van der Waals surface area contributed by atoms with Crippen molar-refractivity contribution in [1.82, 2.24) is 20.1 Å². The summed E-state index contributed by atoms with van der Waals surface area (Å²) < 4.78 is 1.65. The van der Waals surface area contributed by atoms with Gasteiger partial charge in [-0.2, -0.15) is 5.10 Å². The van der Waals surface area contributed by atoms with Crippen LogP contribution >= 0.6 is 0 Å². The topological polar surface area (TPSA) is 71.8 Å². The van der Waals surface area contributed by atoms with Gasteiger partial charge in [0.2, 0.25) is 0 Å². The van der Waals surface area contributed by atoms with Crippen molar-refractivity contribution in [3.05, 3.63) is 42.7 Å². The van der Waals surface area contributed by atoms with E-state index in [0.717, 1.165) is 30.5 Å². The summed E-state index contributed by atoms with van der Waals surface area (Å²) in [4.78, 5) is 16.3. The first-order valence-electron chi connectivity index (χ1n) is 7.41. The number of carbonyl (C=O) groups is 1. The largest absolute Gasteiger partial charge is 0.332 e. The van der Waals surface area contributed by atoms with E-state index in [0.29, 0.717) is 5.82 Å². The summed E-state index contributed by atoms with van der Waals surface area (Å²) in [6.07, 6.45) is 9.01. The molecule has 0 spiro atoms. The number of carbonyl (C=O) groups excluding carboxylic acids is 1. The number of nitrogens with zero attached hydrogens (tertiary/aromatic N) is 3. The molecule has 0 radical (unpaired) electrons. The van der Waals surface area contributed by atoms with Crippen molar-refractivity contribution in [2.45, 2.75) is 25.3 Å². The maximum absolute atomic E-state index is 12.0. The van der Waals surface area contributed by atoms with Gasteiger partial charge in [-0.1, -0.05) is 24.3 Å². The van der Waals surface area contributed by atoms with E-state index in [1.165, 1.54) is 0 Å². The number of nitrogens with one attached hydrogen (secondary N) is 2. The van der Waals surface area contributed by atoms with E-state index in [9.17, 15) is 4.79 Å². The fraction of sp³-hybridized carbons (Fsp3) is 0.312. The van der Waals surface area contributed by atoms with Crippen LogP contribution in [0.5, 0.6) is 0 Å². The molecule has 0 saturated heterocycles. The van der Waals surface area contributed by atoms with Gasteiger partial charge in [0.05, 0.1) is 0 Å². The number of aryl methyl sites for hydroxylation is 1. The van der Waals surface area contributed by atoms with Gasteiger partial charge in [-0.25, -0.2) is 9.78 Å². The van der Waals surface area contributed by atoms with Crippen molar-refractivity contribution < 1.29 is 4.79 Å². The summed E-state index contributed by atoms with van der Waals surface area (Å²) in [6, 6.07) is 7.44. The van der Waals surface area contributed by atoms with Crippen LogP contribution in [0.15, 0.2) is 42.7 Å². The molecule has 1 aromatic carbocycles. The smallest absolute Gasteiger partial charge is 0.319 e. The first-order valence-corrected chi connectivity index (χ1v) is 7.41. The summed E-state index contributed by atoms with van der Waals surface area (Å²) in [6.45, 7) is 0. The summed E-state index contributed by atoms with van der Waals surface area (Å²) in [7, 11) is 1.82. The molecule has 1 atom stereocenters. The molecule has 3 rings (SSSR count). The Labute approximate surface area is 129 Å². The molecular weight excluding hydrogens is 278 g/mol. The highest BCUT2D eigenvalue weighted by Crippen LogP contribution is 2.19. The summed E-state index contributed by atoms with van der Waals surface area (Å²) >= 11 is 0. The second kappa shape index (κ2) is 6.43. The number of anilines is 1. The molecule has 1 heterocycles. The molecule has 22 heavy (non-hydrogen) atoms. The highest BCUT2D eigenvalue weighted by molar-refractivity contribution is 5.90. The number of amides is 2. The number of rotatable bonds is 3. The molecular formula is C16H19N5O. The standard InChI is InChI=1S/C16H19N5O/c1-21-11-17-15(20-21)12-6-5-9-14(10-12)19-16(22)18-13-7-3-2-4-8-13/h3,5-7,9-11,13H,2,4,8H2,1H3,(H2,18,19,22). The second-order valence-corrected chi connectivity index (χ2v) is 5.39. The summed E-state index contributed by atoms with van der Waals surface area (Å²) in [5, 5.41) is 10.1. The number of hydrogen-bond acceptors (Lipinski definition) is 3. The van der Waals surface area contributed by atoms with E-state index < -0.39 is 0 Å². The van der Waals surface area contributed by atoms with Gasteiger partial charge in [-0.3, -0.25) is 4.68 Å². The molecule has 114 valence electrons. The molecule has 2 amide bonds. The number of benzene rings is 1. The van der Waals surface area contributed by atoms with Crippen molar-refractivity contribution in [2.24, 2.45) is 7.05 Å². The third-order valence-corrected chi connectivity index (χ3v) is 3.55. The molecule has 6 nitrogen and oxygen atoms in total. The Morgan fingerprint density at radius 2 is 2.32 bits per heavy atom. The highest BCUT2D eigenvalue weighted by atomic mass is 16.2. The predicted octanol–water partition coefficient (Wildman–Crippen LogP) is 2.71. The van der Waals surface area contributed by atoms with Crippen LogP contribution in [-0.4, -0.2) is 26.8 Å². The van der Waals surface area contributed by atoms with Crippen LogP contribution in [0.3, 0.4) is 0 Å². The van der Waals surface area contributed by atoms with Gasteiger partial charge >= 0.3 is 6.03 Å². The zero-order chi connectivity index (χ0) is 15.4. The van der Waals surface area contributed by atoms with Gasteiger partial charge in [0, 0.05) is 24.3 Å². The van der Waals surface area contributed by atoms with Gasteiger partial charge in [0.25, 0.3) is 0 Å². The SMILES string of the molecule is Cn1cnc(-c2cccc(NC(=O)NC3C=CCCC3)c2)n1. The highest BCUT2D eigenvalue weighted by Gasteiger charge is 2.12. The Kier molecular flexibility index (Phi) is 4.18. The van der Waals surface area contributed by atoms with Crippen molar-refractivity contribution >= 4 is 11.7 Å². The number of allylic oxidation sites excluding steroid dienone is 1. The average Bonchev–Trinajstić information content (AvgIpc) is 2.95. The summed E-state index contributed by atoms with van der Waals surface area (Å²) in [5.41, 5.74) is 1.60. The van der Waals surface area contributed by atoms with Crippen LogP contribution in [0, 0.1) is 0 Å². The fourth-order valence-corrected chi connectivity index (χ4v) is 2.48. The van der Waals surface area contributed by atoms with Crippen LogP contribution in [-0.2, 0) is 7.05 Å². The molecule has 2 aromatic rings. The third-order valence-electron chi connectivity index (χ3n) is 3.55. The van der Waals surface area contributed by atoms with E-state index in [4.69, 9.17) is 0 Å². The van der Waals surface area contributed by atoms with Gasteiger partial charge in [-0.05, 0) is 31.4 Å².